The molecule has 2 aliphatic heterocycles. The van der Waals surface area contributed by atoms with Crippen LogP contribution in [-0.2, 0) is 16.1 Å². The van der Waals surface area contributed by atoms with Gasteiger partial charge in [0.1, 0.15) is 0 Å². The van der Waals surface area contributed by atoms with Gasteiger partial charge in [-0.2, -0.15) is 0 Å². The lowest BCUT2D eigenvalue weighted by atomic mass is 10.1. The molecule has 0 saturated carbocycles. The second kappa shape index (κ2) is 6.15. The molecule has 2 saturated heterocycles. The van der Waals surface area contributed by atoms with Gasteiger partial charge in [0.05, 0.1) is 5.92 Å². The number of nitrogens with zero attached hydrogens (tertiary/aromatic N) is 3. The van der Waals surface area contributed by atoms with E-state index in [1.165, 1.54) is 4.88 Å². The lowest BCUT2D eigenvalue weighted by Gasteiger charge is -2.35. The minimum absolute atomic E-state index is 0.0877. The molecule has 3 rings (SSSR count). The van der Waals surface area contributed by atoms with Crippen LogP contribution >= 0.6 is 11.3 Å². The quantitative estimate of drug-likeness (QED) is 0.832. The van der Waals surface area contributed by atoms with Crippen molar-refractivity contribution in [3.8, 4) is 0 Å². The number of thiophene rings is 1. The van der Waals surface area contributed by atoms with Crippen molar-refractivity contribution in [2.45, 2.75) is 13.0 Å². The molecule has 0 aromatic carbocycles. The summed E-state index contributed by atoms with van der Waals surface area (Å²) in [5.41, 5.74) is 0. The van der Waals surface area contributed by atoms with Crippen molar-refractivity contribution in [2.75, 3.05) is 39.8 Å². The maximum atomic E-state index is 12.4. The van der Waals surface area contributed by atoms with E-state index in [2.05, 4.69) is 22.4 Å². The first-order chi connectivity index (χ1) is 10.1. The highest BCUT2D eigenvalue weighted by molar-refractivity contribution is 7.09. The summed E-state index contributed by atoms with van der Waals surface area (Å²) in [4.78, 5) is 31.4. The van der Waals surface area contributed by atoms with Crippen molar-refractivity contribution in [3.63, 3.8) is 0 Å². The zero-order valence-electron chi connectivity index (χ0n) is 12.3. The van der Waals surface area contributed by atoms with Gasteiger partial charge in [0.15, 0.2) is 0 Å². The Morgan fingerprint density at radius 2 is 2.10 bits per heavy atom. The molecular weight excluding hydrogens is 286 g/mol. The van der Waals surface area contributed by atoms with Crippen molar-refractivity contribution in [3.05, 3.63) is 22.4 Å². The SMILES string of the molecule is CN1C[C@@H](C(=O)N2CCN(Cc3cccs3)CC2)CC1=O. The van der Waals surface area contributed by atoms with E-state index in [0.29, 0.717) is 13.0 Å². The average Bonchev–Trinajstić information content (AvgIpc) is 3.10. The molecule has 0 bridgehead atoms. The molecule has 5 nitrogen and oxygen atoms in total. The van der Waals surface area contributed by atoms with Gasteiger partial charge in [0.2, 0.25) is 11.8 Å². The highest BCUT2D eigenvalue weighted by Crippen LogP contribution is 2.20. The Labute approximate surface area is 129 Å². The summed E-state index contributed by atoms with van der Waals surface area (Å²) in [5, 5.41) is 2.10. The first kappa shape index (κ1) is 14.5. The van der Waals surface area contributed by atoms with E-state index < -0.39 is 0 Å². The molecule has 1 aromatic rings. The van der Waals surface area contributed by atoms with E-state index in [9.17, 15) is 9.59 Å². The minimum atomic E-state index is -0.133. The fourth-order valence-corrected chi connectivity index (χ4v) is 3.78. The van der Waals surface area contributed by atoms with E-state index >= 15 is 0 Å². The highest BCUT2D eigenvalue weighted by atomic mass is 32.1. The Kier molecular flexibility index (Phi) is 4.26. The van der Waals surface area contributed by atoms with Crippen LogP contribution in [0.5, 0.6) is 0 Å². The van der Waals surface area contributed by atoms with Gasteiger partial charge in [-0.1, -0.05) is 6.07 Å². The van der Waals surface area contributed by atoms with Gasteiger partial charge in [-0.05, 0) is 11.4 Å². The van der Waals surface area contributed by atoms with E-state index in [-0.39, 0.29) is 17.7 Å². The Hall–Kier alpha value is -1.40. The van der Waals surface area contributed by atoms with Gasteiger partial charge in [0.25, 0.3) is 0 Å². The van der Waals surface area contributed by atoms with Crippen LogP contribution in [0.1, 0.15) is 11.3 Å². The maximum absolute atomic E-state index is 12.4. The number of likely N-dealkylation sites (tertiary alicyclic amines) is 1. The third kappa shape index (κ3) is 3.27. The second-order valence-electron chi connectivity index (χ2n) is 5.86. The zero-order chi connectivity index (χ0) is 14.8. The first-order valence-corrected chi connectivity index (χ1v) is 8.29. The van der Waals surface area contributed by atoms with Crippen LogP contribution in [0, 0.1) is 5.92 Å². The number of hydrogen-bond donors (Lipinski definition) is 0. The largest absolute Gasteiger partial charge is 0.345 e. The van der Waals surface area contributed by atoms with Crippen molar-refractivity contribution < 1.29 is 9.59 Å². The van der Waals surface area contributed by atoms with Crippen molar-refractivity contribution >= 4 is 23.2 Å². The van der Waals surface area contributed by atoms with E-state index in [4.69, 9.17) is 0 Å². The molecule has 114 valence electrons. The summed E-state index contributed by atoms with van der Waals surface area (Å²) in [6, 6.07) is 4.23. The van der Waals surface area contributed by atoms with Crippen LogP contribution in [0.3, 0.4) is 0 Å². The molecule has 0 radical (unpaired) electrons. The first-order valence-electron chi connectivity index (χ1n) is 7.41. The molecule has 1 aromatic heterocycles. The van der Waals surface area contributed by atoms with Gasteiger partial charge in [-0.3, -0.25) is 14.5 Å². The van der Waals surface area contributed by atoms with Gasteiger partial charge in [0, 0.05) is 57.6 Å². The normalized spacial score (nSPS) is 23.9. The minimum Gasteiger partial charge on any atom is -0.345 e. The molecule has 3 heterocycles. The molecule has 0 unspecified atom stereocenters. The van der Waals surface area contributed by atoms with Crippen LogP contribution in [0.25, 0.3) is 0 Å². The maximum Gasteiger partial charge on any atom is 0.228 e. The van der Waals surface area contributed by atoms with Crippen LogP contribution in [0.2, 0.25) is 0 Å². The lowest BCUT2D eigenvalue weighted by molar-refractivity contribution is -0.137. The van der Waals surface area contributed by atoms with Crippen LogP contribution in [-0.4, -0.2) is 66.3 Å². The Balaban J connectivity index is 1.49. The standard InChI is InChI=1S/C15H21N3O2S/c1-16-10-12(9-14(16)19)15(20)18-6-4-17(5-7-18)11-13-3-2-8-21-13/h2-3,8,12H,4-7,9-11H2,1H3/t12-/m0/s1. The monoisotopic (exact) mass is 307 g/mol. The lowest BCUT2D eigenvalue weighted by Crippen LogP contribution is -2.50. The summed E-state index contributed by atoms with van der Waals surface area (Å²) in [6.07, 6.45) is 0.380. The van der Waals surface area contributed by atoms with Crippen molar-refractivity contribution in [1.29, 1.82) is 0 Å². The Morgan fingerprint density at radius 1 is 1.33 bits per heavy atom. The summed E-state index contributed by atoms with van der Waals surface area (Å²) < 4.78 is 0. The molecule has 2 aliphatic rings. The van der Waals surface area contributed by atoms with E-state index in [0.717, 1.165) is 32.7 Å². The molecule has 6 heteroatoms. The van der Waals surface area contributed by atoms with Gasteiger partial charge in [-0.15, -0.1) is 11.3 Å². The number of carbonyl (C=O) groups is 2. The second-order valence-corrected chi connectivity index (χ2v) is 6.89. The third-order valence-electron chi connectivity index (χ3n) is 4.33. The van der Waals surface area contributed by atoms with Crippen LogP contribution < -0.4 is 0 Å². The number of piperazine rings is 1. The summed E-state index contributed by atoms with van der Waals surface area (Å²) >= 11 is 1.78. The summed E-state index contributed by atoms with van der Waals surface area (Å²) in [6.45, 7) is 4.94. The van der Waals surface area contributed by atoms with Crippen LogP contribution in [0.15, 0.2) is 17.5 Å². The number of rotatable bonds is 3. The fourth-order valence-electron chi connectivity index (χ4n) is 3.04. The van der Waals surface area contributed by atoms with Crippen molar-refractivity contribution in [2.24, 2.45) is 5.92 Å². The number of hydrogen-bond acceptors (Lipinski definition) is 4. The van der Waals surface area contributed by atoms with Gasteiger partial charge in [-0.25, -0.2) is 0 Å². The molecule has 2 fully saturated rings. The summed E-state index contributed by atoms with van der Waals surface area (Å²) in [5.74, 6) is 0.111. The fraction of sp³-hybridized carbons (Fsp3) is 0.600. The van der Waals surface area contributed by atoms with E-state index in [1.54, 1.807) is 23.3 Å². The Bertz CT molecular complexity index is 509. The summed E-state index contributed by atoms with van der Waals surface area (Å²) in [7, 11) is 1.77. The van der Waals surface area contributed by atoms with E-state index in [1.807, 2.05) is 4.90 Å². The van der Waals surface area contributed by atoms with Crippen LogP contribution in [0.4, 0.5) is 0 Å². The zero-order valence-corrected chi connectivity index (χ0v) is 13.1. The van der Waals surface area contributed by atoms with Gasteiger partial charge < -0.3 is 9.80 Å². The number of carbonyl (C=O) groups excluding carboxylic acids is 2. The molecule has 0 aliphatic carbocycles. The molecule has 0 N–H and O–H groups in total. The molecule has 21 heavy (non-hydrogen) atoms. The van der Waals surface area contributed by atoms with Gasteiger partial charge >= 0.3 is 0 Å². The highest BCUT2D eigenvalue weighted by Gasteiger charge is 2.35. The predicted molar refractivity (Wildman–Crippen MR) is 81.9 cm³/mol. The topological polar surface area (TPSA) is 43.9 Å². The third-order valence-corrected chi connectivity index (χ3v) is 5.19. The van der Waals surface area contributed by atoms with Crippen molar-refractivity contribution in [1.82, 2.24) is 14.7 Å². The predicted octanol–water partition coefficient (Wildman–Crippen LogP) is 0.871. The molecule has 1 atom stereocenters. The molecular formula is C15H21N3O2S. The molecule has 2 amide bonds. The number of amides is 2. The smallest absolute Gasteiger partial charge is 0.228 e. The molecule has 0 spiro atoms. The Morgan fingerprint density at radius 3 is 2.67 bits per heavy atom. The average molecular weight is 307 g/mol.